The molecule has 1 heterocycles. The first-order valence-electron chi connectivity index (χ1n) is 5.40. The van der Waals surface area contributed by atoms with Crippen molar-refractivity contribution in [3.8, 4) is 0 Å². The molecule has 2 aromatic rings. The van der Waals surface area contributed by atoms with Crippen LogP contribution in [-0.2, 0) is 0 Å². The fourth-order valence-corrected chi connectivity index (χ4v) is 2.46. The Morgan fingerprint density at radius 3 is 2.32 bits per heavy atom. The molecule has 0 aliphatic rings. The molecule has 0 N–H and O–H groups in total. The zero-order valence-electron chi connectivity index (χ0n) is 10.3. The number of non-ortho nitro benzene ring substituents is 1. The number of aryl methyl sites for hydroxylation is 2. The van der Waals surface area contributed by atoms with Gasteiger partial charge in [-0.3, -0.25) is 10.1 Å². The molecule has 0 fully saturated rings. The monoisotopic (exact) mass is 295 g/mol. The Bertz CT molecular complexity index is 632. The second-order valence-electron chi connectivity index (χ2n) is 3.84. The summed E-state index contributed by atoms with van der Waals surface area (Å²) >= 11 is 7.36. The molecule has 7 heteroatoms. The standard InChI is InChI=1S/C12H10ClN3O2S/c1-7-8(2)15-12(11(13)14-7)19-10-5-3-9(4-6-10)16(17)18/h3-6H,1-2H3. The minimum absolute atomic E-state index is 0.0571. The minimum atomic E-state index is -0.433. The molecule has 5 nitrogen and oxygen atoms in total. The van der Waals surface area contributed by atoms with E-state index in [1.165, 1.54) is 23.9 Å². The maximum atomic E-state index is 10.6. The first-order chi connectivity index (χ1) is 8.97. The Balaban J connectivity index is 2.26. The minimum Gasteiger partial charge on any atom is -0.258 e. The van der Waals surface area contributed by atoms with Crippen molar-refractivity contribution < 1.29 is 4.92 Å². The lowest BCUT2D eigenvalue weighted by molar-refractivity contribution is -0.384. The van der Waals surface area contributed by atoms with E-state index in [2.05, 4.69) is 9.97 Å². The van der Waals surface area contributed by atoms with Gasteiger partial charge in [0.05, 0.1) is 16.3 Å². The third-order valence-corrected chi connectivity index (χ3v) is 3.86. The molecule has 0 saturated heterocycles. The van der Waals surface area contributed by atoms with Gasteiger partial charge in [0.1, 0.15) is 5.03 Å². The lowest BCUT2D eigenvalue weighted by Gasteiger charge is -2.05. The third kappa shape index (κ3) is 3.21. The summed E-state index contributed by atoms with van der Waals surface area (Å²) in [6.45, 7) is 3.70. The highest BCUT2D eigenvalue weighted by Gasteiger charge is 2.10. The molecule has 0 unspecified atom stereocenters. The Morgan fingerprint density at radius 2 is 1.74 bits per heavy atom. The van der Waals surface area contributed by atoms with E-state index in [0.29, 0.717) is 10.2 Å². The van der Waals surface area contributed by atoms with Gasteiger partial charge in [0.15, 0.2) is 5.15 Å². The van der Waals surface area contributed by atoms with Gasteiger partial charge in [0.25, 0.3) is 5.69 Å². The third-order valence-electron chi connectivity index (χ3n) is 2.50. The van der Waals surface area contributed by atoms with Gasteiger partial charge in [-0.2, -0.15) is 0 Å². The number of nitrogens with zero attached hydrogens (tertiary/aromatic N) is 3. The van der Waals surface area contributed by atoms with Crippen LogP contribution in [0, 0.1) is 24.0 Å². The summed E-state index contributed by atoms with van der Waals surface area (Å²) in [4.78, 5) is 19.5. The average Bonchev–Trinajstić information content (AvgIpc) is 2.36. The lowest BCUT2D eigenvalue weighted by atomic mass is 10.3. The van der Waals surface area contributed by atoms with Crippen LogP contribution >= 0.6 is 23.4 Å². The zero-order valence-corrected chi connectivity index (χ0v) is 11.8. The fraction of sp³-hybridized carbons (Fsp3) is 0.167. The van der Waals surface area contributed by atoms with Crippen LogP contribution in [0.15, 0.2) is 34.2 Å². The Kier molecular flexibility index (Phi) is 4.01. The lowest BCUT2D eigenvalue weighted by Crippen LogP contribution is -1.95. The maximum Gasteiger partial charge on any atom is 0.269 e. The molecule has 19 heavy (non-hydrogen) atoms. The number of benzene rings is 1. The molecule has 0 radical (unpaired) electrons. The summed E-state index contributed by atoms with van der Waals surface area (Å²) in [6, 6.07) is 6.22. The molecule has 0 spiro atoms. The predicted octanol–water partition coefficient (Wildman–Crippen LogP) is 3.81. The van der Waals surface area contributed by atoms with E-state index < -0.39 is 4.92 Å². The van der Waals surface area contributed by atoms with E-state index in [1.807, 2.05) is 13.8 Å². The van der Waals surface area contributed by atoms with Crippen LogP contribution in [0.5, 0.6) is 0 Å². The topological polar surface area (TPSA) is 68.9 Å². The molecule has 0 amide bonds. The van der Waals surface area contributed by atoms with E-state index in [-0.39, 0.29) is 5.69 Å². The molecule has 2 rings (SSSR count). The summed E-state index contributed by atoms with van der Waals surface area (Å²) in [7, 11) is 0. The highest BCUT2D eigenvalue weighted by atomic mass is 35.5. The first kappa shape index (κ1) is 13.8. The Hall–Kier alpha value is -1.66. The fourth-order valence-electron chi connectivity index (χ4n) is 1.37. The molecule has 0 bridgehead atoms. The van der Waals surface area contributed by atoms with Crippen LogP contribution < -0.4 is 0 Å². The predicted molar refractivity (Wildman–Crippen MR) is 73.7 cm³/mol. The number of nitro benzene ring substituents is 1. The average molecular weight is 296 g/mol. The second-order valence-corrected chi connectivity index (χ2v) is 5.26. The molecule has 1 aromatic heterocycles. The molecular weight excluding hydrogens is 286 g/mol. The van der Waals surface area contributed by atoms with Crippen molar-refractivity contribution in [3.05, 3.63) is 50.9 Å². The normalized spacial score (nSPS) is 10.5. The highest BCUT2D eigenvalue weighted by molar-refractivity contribution is 7.99. The van der Waals surface area contributed by atoms with Gasteiger partial charge in [0.2, 0.25) is 0 Å². The van der Waals surface area contributed by atoms with Crippen molar-refractivity contribution >= 4 is 29.1 Å². The summed E-state index contributed by atoms with van der Waals surface area (Å²) in [6.07, 6.45) is 0. The van der Waals surface area contributed by atoms with E-state index in [4.69, 9.17) is 11.6 Å². The van der Waals surface area contributed by atoms with E-state index in [0.717, 1.165) is 16.3 Å². The van der Waals surface area contributed by atoms with Gasteiger partial charge in [0, 0.05) is 17.0 Å². The molecular formula is C12H10ClN3O2S. The van der Waals surface area contributed by atoms with E-state index in [9.17, 15) is 10.1 Å². The van der Waals surface area contributed by atoms with Crippen LogP contribution in [0.25, 0.3) is 0 Å². The van der Waals surface area contributed by atoms with Crippen LogP contribution in [0.1, 0.15) is 11.4 Å². The molecule has 1 aromatic carbocycles. The van der Waals surface area contributed by atoms with Gasteiger partial charge in [-0.1, -0.05) is 23.4 Å². The van der Waals surface area contributed by atoms with Crippen molar-refractivity contribution in [2.75, 3.05) is 0 Å². The summed E-state index contributed by atoms with van der Waals surface area (Å²) < 4.78 is 0. The maximum absolute atomic E-state index is 10.6. The number of halogens is 1. The second kappa shape index (κ2) is 5.54. The SMILES string of the molecule is Cc1nc(Cl)c(Sc2ccc([N+](=O)[O-])cc2)nc1C. The number of nitro groups is 1. The van der Waals surface area contributed by atoms with Crippen molar-refractivity contribution in [1.82, 2.24) is 9.97 Å². The van der Waals surface area contributed by atoms with Crippen molar-refractivity contribution in [2.24, 2.45) is 0 Å². The van der Waals surface area contributed by atoms with Crippen molar-refractivity contribution in [3.63, 3.8) is 0 Å². The largest absolute Gasteiger partial charge is 0.269 e. The van der Waals surface area contributed by atoms with Crippen molar-refractivity contribution in [2.45, 2.75) is 23.8 Å². The zero-order chi connectivity index (χ0) is 14.0. The Morgan fingerprint density at radius 1 is 1.16 bits per heavy atom. The van der Waals surface area contributed by atoms with Gasteiger partial charge in [-0.05, 0) is 26.0 Å². The van der Waals surface area contributed by atoms with Crippen LogP contribution in [0.3, 0.4) is 0 Å². The number of hydrogen-bond acceptors (Lipinski definition) is 5. The van der Waals surface area contributed by atoms with Gasteiger partial charge < -0.3 is 0 Å². The first-order valence-corrected chi connectivity index (χ1v) is 6.60. The smallest absolute Gasteiger partial charge is 0.258 e. The van der Waals surface area contributed by atoms with Gasteiger partial charge in [-0.25, -0.2) is 9.97 Å². The van der Waals surface area contributed by atoms with E-state index in [1.54, 1.807) is 12.1 Å². The summed E-state index contributed by atoms with van der Waals surface area (Å²) in [5.41, 5.74) is 1.66. The summed E-state index contributed by atoms with van der Waals surface area (Å²) in [5.74, 6) is 0. The molecule has 0 atom stereocenters. The van der Waals surface area contributed by atoms with Crippen LogP contribution in [0.2, 0.25) is 5.15 Å². The Labute approximate surface area is 119 Å². The van der Waals surface area contributed by atoms with Gasteiger partial charge >= 0.3 is 0 Å². The number of aromatic nitrogens is 2. The van der Waals surface area contributed by atoms with E-state index >= 15 is 0 Å². The molecule has 0 aliphatic heterocycles. The van der Waals surface area contributed by atoms with Gasteiger partial charge in [-0.15, -0.1) is 0 Å². The summed E-state index contributed by atoms with van der Waals surface area (Å²) in [5, 5.41) is 11.5. The van der Waals surface area contributed by atoms with Crippen molar-refractivity contribution in [1.29, 1.82) is 0 Å². The molecule has 98 valence electrons. The number of hydrogen-bond donors (Lipinski definition) is 0. The van der Waals surface area contributed by atoms with Crippen LogP contribution in [0.4, 0.5) is 5.69 Å². The quantitative estimate of drug-likeness (QED) is 0.636. The molecule has 0 aliphatic carbocycles. The van der Waals surface area contributed by atoms with Crippen LogP contribution in [-0.4, -0.2) is 14.9 Å². The molecule has 0 saturated carbocycles. The number of rotatable bonds is 3. The highest BCUT2D eigenvalue weighted by Crippen LogP contribution is 2.32.